The first-order valence-electron chi connectivity index (χ1n) is 7.12. The first-order chi connectivity index (χ1) is 9.68. The number of benzene rings is 2. The fourth-order valence-electron chi connectivity index (χ4n) is 2.15. The molecule has 0 saturated carbocycles. The highest BCUT2D eigenvalue weighted by atomic mass is 16.5. The molecular formula is C18H23NO. The summed E-state index contributed by atoms with van der Waals surface area (Å²) in [7, 11) is 0. The zero-order valence-corrected chi connectivity index (χ0v) is 12.3. The van der Waals surface area contributed by atoms with E-state index >= 15 is 0 Å². The van der Waals surface area contributed by atoms with E-state index in [1.165, 1.54) is 5.56 Å². The Morgan fingerprint density at radius 1 is 0.900 bits per heavy atom. The monoisotopic (exact) mass is 269 g/mol. The van der Waals surface area contributed by atoms with Crippen LogP contribution in [0.5, 0.6) is 5.75 Å². The summed E-state index contributed by atoms with van der Waals surface area (Å²) in [4.78, 5) is 0. The van der Waals surface area contributed by atoms with Crippen molar-refractivity contribution in [2.45, 2.75) is 19.3 Å². The summed E-state index contributed by atoms with van der Waals surface area (Å²) in [6, 6.07) is 20.5. The van der Waals surface area contributed by atoms with Crippen LogP contribution in [0.1, 0.15) is 19.4 Å². The average molecular weight is 269 g/mol. The van der Waals surface area contributed by atoms with Crippen LogP contribution in [0.15, 0.2) is 60.7 Å². The molecule has 1 N–H and O–H groups in total. The maximum atomic E-state index is 5.66. The number of hydrogen-bond donors (Lipinski definition) is 1. The Hall–Kier alpha value is -1.80. The maximum Gasteiger partial charge on any atom is 0.119 e. The largest absolute Gasteiger partial charge is 0.492 e. The van der Waals surface area contributed by atoms with Crippen LogP contribution in [0.2, 0.25) is 0 Å². The Balaban J connectivity index is 1.70. The van der Waals surface area contributed by atoms with E-state index < -0.39 is 0 Å². The molecule has 0 unspecified atom stereocenters. The molecule has 0 saturated heterocycles. The van der Waals surface area contributed by atoms with Gasteiger partial charge in [0.25, 0.3) is 0 Å². The van der Waals surface area contributed by atoms with Crippen molar-refractivity contribution in [2.24, 2.45) is 0 Å². The number of rotatable bonds is 7. The van der Waals surface area contributed by atoms with Gasteiger partial charge in [-0.25, -0.2) is 0 Å². The summed E-state index contributed by atoms with van der Waals surface area (Å²) in [5.74, 6) is 0.927. The van der Waals surface area contributed by atoms with Crippen LogP contribution < -0.4 is 10.1 Å². The molecular weight excluding hydrogens is 246 g/mol. The van der Waals surface area contributed by atoms with Crippen molar-refractivity contribution in [3.8, 4) is 5.75 Å². The second kappa shape index (κ2) is 7.11. The van der Waals surface area contributed by atoms with Gasteiger partial charge in [-0.1, -0.05) is 62.4 Å². The third-order valence-corrected chi connectivity index (χ3v) is 3.41. The second-order valence-corrected chi connectivity index (χ2v) is 5.59. The molecule has 0 fully saturated rings. The lowest BCUT2D eigenvalue weighted by Crippen LogP contribution is -2.35. The van der Waals surface area contributed by atoms with Crippen molar-refractivity contribution in [1.29, 1.82) is 0 Å². The molecule has 0 atom stereocenters. The summed E-state index contributed by atoms with van der Waals surface area (Å²) in [5, 5.41) is 3.47. The van der Waals surface area contributed by atoms with E-state index in [1.54, 1.807) is 0 Å². The fourth-order valence-corrected chi connectivity index (χ4v) is 2.15. The molecule has 106 valence electrons. The van der Waals surface area contributed by atoms with E-state index in [-0.39, 0.29) is 5.41 Å². The molecule has 2 rings (SSSR count). The van der Waals surface area contributed by atoms with Gasteiger partial charge >= 0.3 is 0 Å². The fraction of sp³-hybridized carbons (Fsp3) is 0.333. The standard InChI is InChI=1S/C18H23NO/c1-18(2,16-9-5-3-6-10-16)15-19-13-14-20-17-11-7-4-8-12-17/h3-12,19H,13-15H2,1-2H3. The van der Waals surface area contributed by atoms with Crippen LogP contribution in [0.4, 0.5) is 0 Å². The van der Waals surface area contributed by atoms with Gasteiger partial charge in [0, 0.05) is 18.5 Å². The molecule has 0 aliphatic carbocycles. The summed E-state index contributed by atoms with van der Waals surface area (Å²) < 4.78 is 5.66. The molecule has 0 spiro atoms. The van der Waals surface area contributed by atoms with E-state index in [0.29, 0.717) is 6.61 Å². The summed E-state index contributed by atoms with van der Waals surface area (Å²) >= 11 is 0. The van der Waals surface area contributed by atoms with Crippen molar-refractivity contribution in [2.75, 3.05) is 19.7 Å². The topological polar surface area (TPSA) is 21.3 Å². The van der Waals surface area contributed by atoms with Gasteiger partial charge < -0.3 is 10.1 Å². The Bertz CT molecular complexity index is 493. The molecule has 0 amide bonds. The smallest absolute Gasteiger partial charge is 0.119 e. The van der Waals surface area contributed by atoms with E-state index in [1.807, 2.05) is 30.3 Å². The number of hydrogen-bond acceptors (Lipinski definition) is 2. The molecule has 20 heavy (non-hydrogen) atoms. The lowest BCUT2D eigenvalue weighted by atomic mass is 9.85. The highest BCUT2D eigenvalue weighted by Gasteiger charge is 2.19. The zero-order chi connectivity index (χ0) is 14.3. The first kappa shape index (κ1) is 14.6. The van der Waals surface area contributed by atoms with Crippen LogP contribution in [0.3, 0.4) is 0 Å². The molecule has 0 bridgehead atoms. The molecule has 2 aromatic rings. The number of nitrogens with one attached hydrogen (secondary N) is 1. The van der Waals surface area contributed by atoms with Gasteiger partial charge in [0.1, 0.15) is 12.4 Å². The van der Waals surface area contributed by atoms with E-state index in [2.05, 4.69) is 49.5 Å². The Labute approximate surface area is 121 Å². The summed E-state index contributed by atoms with van der Waals surface area (Å²) in [6.07, 6.45) is 0. The van der Waals surface area contributed by atoms with Gasteiger partial charge in [0.2, 0.25) is 0 Å². The molecule has 2 heteroatoms. The average Bonchev–Trinajstić information content (AvgIpc) is 2.49. The van der Waals surface area contributed by atoms with Crippen LogP contribution in [0, 0.1) is 0 Å². The number of para-hydroxylation sites is 1. The van der Waals surface area contributed by atoms with Crippen LogP contribution in [-0.2, 0) is 5.41 Å². The minimum Gasteiger partial charge on any atom is -0.492 e. The van der Waals surface area contributed by atoms with Crippen LogP contribution >= 0.6 is 0 Å². The van der Waals surface area contributed by atoms with Crippen molar-refractivity contribution >= 4 is 0 Å². The number of ether oxygens (including phenoxy) is 1. The molecule has 0 heterocycles. The van der Waals surface area contributed by atoms with E-state index in [9.17, 15) is 0 Å². The second-order valence-electron chi connectivity index (χ2n) is 5.59. The SMILES string of the molecule is CC(C)(CNCCOc1ccccc1)c1ccccc1. The minimum atomic E-state index is 0.133. The predicted molar refractivity (Wildman–Crippen MR) is 84.3 cm³/mol. The first-order valence-corrected chi connectivity index (χ1v) is 7.12. The van der Waals surface area contributed by atoms with E-state index in [0.717, 1.165) is 18.8 Å². The van der Waals surface area contributed by atoms with Gasteiger partial charge in [0.05, 0.1) is 0 Å². The lowest BCUT2D eigenvalue weighted by molar-refractivity contribution is 0.307. The third kappa shape index (κ3) is 4.39. The Morgan fingerprint density at radius 2 is 1.50 bits per heavy atom. The van der Waals surface area contributed by atoms with Crippen molar-refractivity contribution in [3.05, 3.63) is 66.2 Å². The molecule has 2 aromatic carbocycles. The zero-order valence-electron chi connectivity index (χ0n) is 12.3. The van der Waals surface area contributed by atoms with Gasteiger partial charge in [-0.05, 0) is 17.7 Å². The highest BCUT2D eigenvalue weighted by Crippen LogP contribution is 2.21. The van der Waals surface area contributed by atoms with Gasteiger partial charge in [-0.2, -0.15) is 0 Å². The molecule has 0 aliphatic rings. The Kier molecular flexibility index (Phi) is 5.19. The maximum absolute atomic E-state index is 5.66. The van der Waals surface area contributed by atoms with Crippen LogP contribution in [-0.4, -0.2) is 19.7 Å². The predicted octanol–water partition coefficient (Wildman–Crippen LogP) is 3.63. The van der Waals surface area contributed by atoms with Gasteiger partial charge in [-0.3, -0.25) is 0 Å². The summed E-state index contributed by atoms with van der Waals surface area (Å²) in [5.41, 5.74) is 1.49. The van der Waals surface area contributed by atoms with Crippen molar-refractivity contribution in [3.63, 3.8) is 0 Å². The molecule has 0 radical (unpaired) electrons. The summed E-state index contributed by atoms with van der Waals surface area (Å²) in [6.45, 7) is 7.00. The van der Waals surface area contributed by atoms with Crippen molar-refractivity contribution < 1.29 is 4.74 Å². The quantitative estimate of drug-likeness (QED) is 0.775. The van der Waals surface area contributed by atoms with Gasteiger partial charge in [0.15, 0.2) is 0 Å². The lowest BCUT2D eigenvalue weighted by Gasteiger charge is -2.25. The minimum absolute atomic E-state index is 0.133. The molecule has 0 aromatic heterocycles. The third-order valence-electron chi connectivity index (χ3n) is 3.41. The van der Waals surface area contributed by atoms with E-state index in [4.69, 9.17) is 4.74 Å². The normalized spacial score (nSPS) is 11.3. The van der Waals surface area contributed by atoms with Gasteiger partial charge in [-0.15, -0.1) is 0 Å². The molecule has 0 aliphatic heterocycles. The Morgan fingerprint density at radius 3 is 2.15 bits per heavy atom. The van der Waals surface area contributed by atoms with Crippen molar-refractivity contribution in [1.82, 2.24) is 5.32 Å². The highest BCUT2D eigenvalue weighted by molar-refractivity contribution is 5.24. The van der Waals surface area contributed by atoms with Crippen LogP contribution in [0.25, 0.3) is 0 Å². The molecule has 2 nitrogen and oxygen atoms in total.